The number of nitrogens with one attached hydrogen (secondary N) is 1. The maximum atomic E-state index is 5.29. The van der Waals surface area contributed by atoms with E-state index < -0.39 is 0 Å². The van der Waals surface area contributed by atoms with Gasteiger partial charge in [-0.2, -0.15) is 0 Å². The van der Waals surface area contributed by atoms with E-state index in [4.69, 9.17) is 9.47 Å². The smallest absolute Gasteiger partial charge is 0.162 e. The Bertz CT molecular complexity index is 350. The Morgan fingerprint density at radius 2 is 1.71 bits per heavy atom. The van der Waals surface area contributed by atoms with Crippen molar-refractivity contribution in [3.05, 3.63) is 17.7 Å². The second kappa shape index (κ2) is 7.05. The summed E-state index contributed by atoms with van der Waals surface area (Å²) in [6.45, 7) is 5.29. The Labute approximate surface area is 104 Å². The largest absolute Gasteiger partial charge is 0.493 e. The van der Waals surface area contributed by atoms with Crippen LogP contribution in [0.2, 0.25) is 0 Å². The number of unbranched alkanes of at least 4 members (excludes halogenated alkanes) is 2. The molecule has 1 aromatic rings. The lowest BCUT2D eigenvalue weighted by Gasteiger charge is -2.14. The monoisotopic (exact) mass is 237 g/mol. The van der Waals surface area contributed by atoms with E-state index >= 15 is 0 Å². The van der Waals surface area contributed by atoms with Crippen molar-refractivity contribution in [2.24, 2.45) is 0 Å². The molecule has 1 aromatic carbocycles. The van der Waals surface area contributed by atoms with Crippen molar-refractivity contribution in [3.8, 4) is 11.5 Å². The highest BCUT2D eigenvalue weighted by molar-refractivity contribution is 5.60. The topological polar surface area (TPSA) is 30.5 Å². The standard InChI is InChI=1S/C14H23NO2/c1-5-6-7-8-15-12-10-14(17-4)13(16-3)9-11(12)2/h9-10,15H,5-8H2,1-4H3. The summed E-state index contributed by atoms with van der Waals surface area (Å²) in [7, 11) is 3.32. The second-order valence-electron chi connectivity index (χ2n) is 4.16. The summed E-state index contributed by atoms with van der Waals surface area (Å²) in [6, 6.07) is 4.00. The fourth-order valence-corrected chi connectivity index (χ4v) is 1.77. The number of hydrogen-bond donors (Lipinski definition) is 1. The van der Waals surface area contributed by atoms with Gasteiger partial charge in [0, 0.05) is 18.3 Å². The molecule has 0 fully saturated rings. The van der Waals surface area contributed by atoms with Crippen LogP contribution in [0.3, 0.4) is 0 Å². The summed E-state index contributed by atoms with van der Waals surface area (Å²) in [6.07, 6.45) is 3.70. The van der Waals surface area contributed by atoms with Gasteiger partial charge >= 0.3 is 0 Å². The SMILES string of the molecule is CCCCCNc1cc(OC)c(OC)cc1C. The van der Waals surface area contributed by atoms with Crippen molar-refractivity contribution in [1.82, 2.24) is 0 Å². The van der Waals surface area contributed by atoms with Crippen LogP contribution >= 0.6 is 0 Å². The molecule has 0 amide bonds. The molecule has 0 spiro atoms. The first-order chi connectivity index (χ1) is 8.22. The second-order valence-corrected chi connectivity index (χ2v) is 4.16. The molecule has 0 heterocycles. The van der Waals surface area contributed by atoms with E-state index in [1.54, 1.807) is 14.2 Å². The van der Waals surface area contributed by atoms with Crippen molar-refractivity contribution in [2.75, 3.05) is 26.1 Å². The summed E-state index contributed by atoms with van der Waals surface area (Å²) in [5.41, 5.74) is 2.30. The molecule has 3 nitrogen and oxygen atoms in total. The Morgan fingerprint density at radius 1 is 1.06 bits per heavy atom. The molecule has 0 aromatic heterocycles. The van der Waals surface area contributed by atoms with Gasteiger partial charge in [0.15, 0.2) is 11.5 Å². The zero-order chi connectivity index (χ0) is 12.7. The lowest BCUT2D eigenvalue weighted by atomic mass is 10.1. The molecule has 0 radical (unpaired) electrons. The molecule has 96 valence electrons. The molecule has 0 saturated carbocycles. The van der Waals surface area contributed by atoms with Gasteiger partial charge in [0.05, 0.1) is 14.2 Å². The zero-order valence-electron chi connectivity index (χ0n) is 11.3. The van der Waals surface area contributed by atoms with Gasteiger partial charge in [-0.05, 0) is 25.0 Å². The van der Waals surface area contributed by atoms with Gasteiger partial charge in [-0.3, -0.25) is 0 Å². The molecule has 0 bridgehead atoms. The average Bonchev–Trinajstić information content (AvgIpc) is 2.35. The van der Waals surface area contributed by atoms with E-state index in [9.17, 15) is 0 Å². The first-order valence-electron chi connectivity index (χ1n) is 6.19. The molecular weight excluding hydrogens is 214 g/mol. The lowest BCUT2D eigenvalue weighted by Crippen LogP contribution is -2.03. The van der Waals surface area contributed by atoms with Crippen molar-refractivity contribution >= 4 is 5.69 Å². The minimum atomic E-state index is 0.774. The third-order valence-electron chi connectivity index (χ3n) is 2.83. The van der Waals surface area contributed by atoms with Crippen LogP contribution in [-0.2, 0) is 0 Å². The molecule has 0 unspecified atom stereocenters. The van der Waals surface area contributed by atoms with Crippen LogP contribution < -0.4 is 14.8 Å². The van der Waals surface area contributed by atoms with Gasteiger partial charge < -0.3 is 14.8 Å². The molecule has 0 aliphatic heterocycles. The van der Waals surface area contributed by atoms with Gasteiger partial charge in [0.25, 0.3) is 0 Å². The summed E-state index contributed by atoms with van der Waals surface area (Å²) >= 11 is 0. The summed E-state index contributed by atoms with van der Waals surface area (Å²) in [5.74, 6) is 1.56. The fraction of sp³-hybridized carbons (Fsp3) is 0.571. The van der Waals surface area contributed by atoms with E-state index in [1.165, 1.54) is 24.8 Å². The molecule has 1 N–H and O–H groups in total. The molecule has 0 saturated heterocycles. The van der Waals surface area contributed by atoms with E-state index in [-0.39, 0.29) is 0 Å². The predicted molar refractivity (Wildman–Crippen MR) is 72.3 cm³/mol. The highest BCUT2D eigenvalue weighted by Gasteiger charge is 2.07. The molecule has 0 aliphatic carbocycles. The van der Waals surface area contributed by atoms with Crippen molar-refractivity contribution in [2.45, 2.75) is 33.1 Å². The number of methoxy groups -OCH3 is 2. The molecule has 17 heavy (non-hydrogen) atoms. The Morgan fingerprint density at radius 3 is 2.29 bits per heavy atom. The van der Waals surface area contributed by atoms with Crippen LogP contribution in [0.25, 0.3) is 0 Å². The van der Waals surface area contributed by atoms with Gasteiger partial charge in [0.2, 0.25) is 0 Å². The van der Waals surface area contributed by atoms with E-state index in [1.807, 2.05) is 12.1 Å². The maximum Gasteiger partial charge on any atom is 0.162 e. The first kappa shape index (κ1) is 13.7. The van der Waals surface area contributed by atoms with Crippen molar-refractivity contribution < 1.29 is 9.47 Å². The van der Waals surface area contributed by atoms with Crippen LogP contribution in [0, 0.1) is 6.92 Å². The van der Waals surface area contributed by atoms with Crippen LogP contribution in [0.4, 0.5) is 5.69 Å². The predicted octanol–water partition coefficient (Wildman–Crippen LogP) is 3.61. The van der Waals surface area contributed by atoms with Crippen LogP contribution in [-0.4, -0.2) is 20.8 Å². The van der Waals surface area contributed by atoms with Gasteiger partial charge in [-0.1, -0.05) is 19.8 Å². The van der Waals surface area contributed by atoms with Gasteiger partial charge in [-0.25, -0.2) is 0 Å². The maximum absolute atomic E-state index is 5.29. The molecular formula is C14H23NO2. The van der Waals surface area contributed by atoms with Crippen molar-refractivity contribution in [1.29, 1.82) is 0 Å². The number of anilines is 1. The molecule has 0 atom stereocenters. The number of ether oxygens (including phenoxy) is 2. The minimum absolute atomic E-state index is 0.774. The summed E-state index contributed by atoms with van der Waals surface area (Å²) < 4.78 is 10.6. The van der Waals surface area contributed by atoms with E-state index in [2.05, 4.69) is 19.2 Å². The summed E-state index contributed by atoms with van der Waals surface area (Å²) in [5, 5.41) is 3.44. The highest BCUT2D eigenvalue weighted by Crippen LogP contribution is 2.32. The van der Waals surface area contributed by atoms with Crippen molar-refractivity contribution in [3.63, 3.8) is 0 Å². The van der Waals surface area contributed by atoms with Gasteiger partial charge in [-0.15, -0.1) is 0 Å². The highest BCUT2D eigenvalue weighted by atomic mass is 16.5. The van der Waals surface area contributed by atoms with Crippen LogP contribution in [0.5, 0.6) is 11.5 Å². The quantitative estimate of drug-likeness (QED) is 0.735. The number of benzene rings is 1. The normalized spacial score (nSPS) is 10.1. The molecule has 1 rings (SSSR count). The zero-order valence-corrected chi connectivity index (χ0v) is 11.3. The minimum Gasteiger partial charge on any atom is -0.493 e. The van der Waals surface area contributed by atoms with E-state index in [0.29, 0.717) is 0 Å². The third kappa shape index (κ3) is 3.84. The summed E-state index contributed by atoms with van der Waals surface area (Å²) in [4.78, 5) is 0. The van der Waals surface area contributed by atoms with Crippen LogP contribution in [0.1, 0.15) is 31.7 Å². The fourth-order valence-electron chi connectivity index (χ4n) is 1.77. The Hall–Kier alpha value is -1.38. The van der Waals surface area contributed by atoms with Gasteiger partial charge in [0.1, 0.15) is 0 Å². The number of rotatable bonds is 7. The number of hydrogen-bond acceptors (Lipinski definition) is 3. The lowest BCUT2D eigenvalue weighted by molar-refractivity contribution is 0.355. The molecule has 0 aliphatic rings. The average molecular weight is 237 g/mol. The molecule has 3 heteroatoms. The first-order valence-corrected chi connectivity index (χ1v) is 6.19. The third-order valence-corrected chi connectivity index (χ3v) is 2.83. The Balaban J connectivity index is 2.71. The number of aryl methyl sites for hydroxylation is 1. The van der Waals surface area contributed by atoms with Crippen LogP contribution in [0.15, 0.2) is 12.1 Å². The van der Waals surface area contributed by atoms with E-state index in [0.717, 1.165) is 23.7 Å². The Kier molecular flexibility index (Phi) is 5.67.